The maximum atomic E-state index is 12.7. The molecule has 0 fully saturated rings. The Balaban J connectivity index is 2.51. The van der Waals surface area contributed by atoms with Gasteiger partial charge in [-0.3, -0.25) is 0 Å². The summed E-state index contributed by atoms with van der Waals surface area (Å²) < 4.78 is 52.8. The zero-order valence-corrected chi connectivity index (χ0v) is 9.01. The molecule has 0 aliphatic carbocycles. The van der Waals surface area contributed by atoms with Crippen LogP contribution in [-0.4, -0.2) is 25.9 Å². The zero-order chi connectivity index (χ0) is 12.9. The molecule has 0 aliphatic rings. The number of hydrogen-bond donors (Lipinski definition) is 1. The summed E-state index contributed by atoms with van der Waals surface area (Å²) in [5.41, 5.74) is 6.10. The topological polar surface area (TPSA) is 35.2 Å². The van der Waals surface area contributed by atoms with Gasteiger partial charge in [0.05, 0.1) is 6.61 Å². The smallest absolute Gasteiger partial charge is 0.371 e. The van der Waals surface area contributed by atoms with Crippen LogP contribution >= 0.6 is 0 Å². The molecule has 6 heteroatoms. The predicted molar refractivity (Wildman–Crippen MR) is 55.1 cm³/mol. The number of ether oxygens (including phenoxy) is 1. The van der Waals surface area contributed by atoms with Gasteiger partial charge in [-0.25, -0.2) is 4.39 Å². The lowest BCUT2D eigenvalue weighted by Gasteiger charge is -2.16. The molecule has 0 spiro atoms. The van der Waals surface area contributed by atoms with Crippen molar-refractivity contribution in [3.8, 4) is 0 Å². The molecular weight excluding hydrogens is 238 g/mol. The van der Waals surface area contributed by atoms with E-state index in [2.05, 4.69) is 4.74 Å². The van der Waals surface area contributed by atoms with Crippen molar-refractivity contribution in [1.82, 2.24) is 0 Å². The molecule has 0 amide bonds. The highest BCUT2D eigenvalue weighted by molar-refractivity contribution is 5.20. The molecule has 0 aliphatic heterocycles. The summed E-state index contributed by atoms with van der Waals surface area (Å²) in [6.45, 7) is -1.30. The molecule has 1 atom stereocenters. The van der Waals surface area contributed by atoms with Gasteiger partial charge in [0.1, 0.15) is 12.4 Å². The Morgan fingerprint density at radius 2 is 1.76 bits per heavy atom. The number of nitrogens with two attached hydrogens (primary N) is 1. The summed E-state index contributed by atoms with van der Waals surface area (Å²) in [5.74, 6) is -0.765. The van der Waals surface area contributed by atoms with E-state index >= 15 is 0 Å². The normalized spacial score (nSPS) is 13.7. The third-order valence-electron chi connectivity index (χ3n) is 2.21. The summed E-state index contributed by atoms with van der Waals surface area (Å²) in [6, 6.07) is 5.46. The highest BCUT2D eigenvalue weighted by Crippen LogP contribution is 2.19. The van der Waals surface area contributed by atoms with Crippen LogP contribution < -0.4 is 5.73 Å². The summed E-state index contributed by atoms with van der Waals surface area (Å²) in [7, 11) is 0. The summed E-state index contributed by atoms with van der Waals surface area (Å²) >= 11 is 0. The van der Waals surface area contributed by atoms with Crippen molar-refractivity contribution < 1.29 is 22.3 Å². The Kier molecular flexibility index (Phi) is 4.89. The zero-order valence-electron chi connectivity index (χ0n) is 9.01. The van der Waals surface area contributed by atoms with Crippen molar-refractivity contribution in [2.75, 3.05) is 19.8 Å². The molecule has 1 rings (SSSR count). The van der Waals surface area contributed by atoms with E-state index in [1.165, 1.54) is 24.3 Å². The van der Waals surface area contributed by atoms with Crippen LogP contribution in [0.2, 0.25) is 0 Å². The van der Waals surface area contributed by atoms with Crippen LogP contribution in [0, 0.1) is 5.82 Å². The standard InChI is InChI=1S/C11H13F4NO/c12-10-3-1-8(2-4-10)9(5-16)6-17-7-11(13,14)15/h1-4,9H,5-7,16H2. The van der Waals surface area contributed by atoms with Crippen LogP contribution in [0.3, 0.4) is 0 Å². The van der Waals surface area contributed by atoms with Crippen molar-refractivity contribution in [1.29, 1.82) is 0 Å². The fraction of sp³-hybridized carbons (Fsp3) is 0.455. The van der Waals surface area contributed by atoms with Crippen LogP contribution in [0.15, 0.2) is 24.3 Å². The fourth-order valence-corrected chi connectivity index (χ4v) is 1.35. The molecule has 1 aromatic rings. The van der Waals surface area contributed by atoms with Gasteiger partial charge in [0.2, 0.25) is 0 Å². The lowest BCUT2D eigenvalue weighted by atomic mass is 10.0. The highest BCUT2D eigenvalue weighted by atomic mass is 19.4. The first kappa shape index (κ1) is 13.9. The van der Waals surface area contributed by atoms with E-state index < -0.39 is 18.6 Å². The first-order chi connectivity index (χ1) is 7.92. The van der Waals surface area contributed by atoms with Gasteiger partial charge in [-0.15, -0.1) is 0 Å². The lowest BCUT2D eigenvalue weighted by molar-refractivity contribution is -0.174. The second-order valence-corrected chi connectivity index (χ2v) is 3.61. The number of benzene rings is 1. The van der Waals surface area contributed by atoms with Gasteiger partial charge in [-0.1, -0.05) is 12.1 Å². The molecule has 17 heavy (non-hydrogen) atoms. The van der Waals surface area contributed by atoms with E-state index in [9.17, 15) is 17.6 Å². The Labute approximate surface area is 96.4 Å². The Morgan fingerprint density at radius 1 is 1.18 bits per heavy atom. The molecule has 0 bridgehead atoms. The van der Waals surface area contributed by atoms with E-state index in [-0.39, 0.29) is 19.1 Å². The van der Waals surface area contributed by atoms with Gasteiger partial charge >= 0.3 is 6.18 Å². The largest absolute Gasteiger partial charge is 0.411 e. The number of halogens is 4. The maximum Gasteiger partial charge on any atom is 0.411 e. The SMILES string of the molecule is NCC(COCC(F)(F)F)c1ccc(F)cc1. The summed E-state index contributed by atoms with van der Waals surface area (Å²) in [5, 5.41) is 0. The second-order valence-electron chi connectivity index (χ2n) is 3.61. The molecule has 1 unspecified atom stereocenters. The lowest BCUT2D eigenvalue weighted by Crippen LogP contribution is -2.23. The molecule has 0 heterocycles. The van der Waals surface area contributed by atoms with Crippen molar-refractivity contribution in [2.45, 2.75) is 12.1 Å². The number of hydrogen-bond acceptors (Lipinski definition) is 2. The molecule has 2 nitrogen and oxygen atoms in total. The van der Waals surface area contributed by atoms with Gasteiger partial charge in [-0.2, -0.15) is 13.2 Å². The van der Waals surface area contributed by atoms with Gasteiger partial charge in [0.25, 0.3) is 0 Å². The first-order valence-corrected chi connectivity index (χ1v) is 5.02. The third-order valence-corrected chi connectivity index (χ3v) is 2.21. The van der Waals surface area contributed by atoms with Crippen molar-refractivity contribution in [3.05, 3.63) is 35.6 Å². The molecule has 0 saturated heterocycles. The monoisotopic (exact) mass is 251 g/mol. The van der Waals surface area contributed by atoms with Crippen LogP contribution in [0.5, 0.6) is 0 Å². The van der Waals surface area contributed by atoms with Crippen LogP contribution in [0.25, 0.3) is 0 Å². The van der Waals surface area contributed by atoms with E-state index in [0.29, 0.717) is 5.56 Å². The average Bonchev–Trinajstić information content (AvgIpc) is 2.24. The maximum absolute atomic E-state index is 12.7. The predicted octanol–water partition coefficient (Wildman–Crippen LogP) is 2.45. The highest BCUT2D eigenvalue weighted by Gasteiger charge is 2.27. The molecule has 2 N–H and O–H groups in total. The van der Waals surface area contributed by atoms with Gasteiger partial charge in [0.15, 0.2) is 0 Å². The molecular formula is C11H13F4NO. The van der Waals surface area contributed by atoms with Gasteiger partial charge < -0.3 is 10.5 Å². The van der Waals surface area contributed by atoms with Crippen molar-refractivity contribution in [2.24, 2.45) is 5.73 Å². The van der Waals surface area contributed by atoms with Crippen LogP contribution in [-0.2, 0) is 4.74 Å². The van der Waals surface area contributed by atoms with E-state index in [4.69, 9.17) is 5.73 Å². The Bertz CT molecular complexity index is 336. The molecule has 1 aromatic carbocycles. The Morgan fingerprint density at radius 3 is 2.24 bits per heavy atom. The third kappa shape index (κ3) is 5.14. The van der Waals surface area contributed by atoms with Crippen LogP contribution in [0.4, 0.5) is 17.6 Å². The van der Waals surface area contributed by atoms with Crippen molar-refractivity contribution >= 4 is 0 Å². The minimum atomic E-state index is -4.35. The van der Waals surface area contributed by atoms with E-state index in [0.717, 1.165) is 0 Å². The van der Waals surface area contributed by atoms with E-state index in [1.807, 2.05) is 0 Å². The number of rotatable bonds is 5. The molecule has 0 radical (unpaired) electrons. The Hall–Kier alpha value is -1.14. The molecule has 96 valence electrons. The molecule has 0 aromatic heterocycles. The van der Waals surface area contributed by atoms with Gasteiger partial charge in [0, 0.05) is 12.5 Å². The minimum Gasteiger partial charge on any atom is -0.371 e. The molecule has 0 saturated carbocycles. The average molecular weight is 251 g/mol. The summed E-state index contributed by atoms with van der Waals surface area (Å²) in [6.07, 6.45) is -4.35. The van der Waals surface area contributed by atoms with Crippen LogP contribution in [0.1, 0.15) is 11.5 Å². The second kappa shape index (κ2) is 5.97. The summed E-state index contributed by atoms with van der Waals surface area (Å²) in [4.78, 5) is 0. The van der Waals surface area contributed by atoms with Gasteiger partial charge in [-0.05, 0) is 17.7 Å². The minimum absolute atomic E-state index is 0.137. The number of alkyl halides is 3. The quantitative estimate of drug-likeness (QED) is 0.816. The fourth-order valence-electron chi connectivity index (χ4n) is 1.35. The van der Waals surface area contributed by atoms with Crippen molar-refractivity contribution in [3.63, 3.8) is 0 Å². The first-order valence-electron chi connectivity index (χ1n) is 5.02. The van der Waals surface area contributed by atoms with E-state index in [1.54, 1.807) is 0 Å².